The molecule has 36 heavy (non-hydrogen) atoms. The lowest BCUT2D eigenvalue weighted by atomic mass is 9.86. The molecule has 3 aromatic heterocycles. The molecule has 0 radical (unpaired) electrons. The summed E-state index contributed by atoms with van der Waals surface area (Å²) in [5.41, 5.74) is 3.56. The van der Waals surface area contributed by atoms with Crippen LogP contribution in [-0.2, 0) is 6.54 Å². The van der Waals surface area contributed by atoms with Crippen molar-refractivity contribution >= 4 is 21.9 Å². The summed E-state index contributed by atoms with van der Waals surface area (Å²) in [4.78, 5) is 9.13. The number of alkyl halides is 5. The molecule has 1 aromatic carbocycles. The van der Waals surface area contributed by atoms with Crippen molar-refractivity contribution in [3.63, 3.8) is 0 Å². The van der Waals surface area contributed by atoms with Crippen LogP contribution in [0.5, 0.6) is 5.75 Å². The highest BCUT2D eigenvalue weighted by Crippen LogP contribution is 2.43. The van der Waals surface area contributed by atoms with E-state index in [2.05, 4.69) is 15.1 Å². The molecule has 0 amide bonds. The van der Waals surface area contributed by atoms with Gasteiger partial charge >= 0.3 is 6.18 Å². The van der Waals surface area contributed by atoms with Gasteiger partial charge < -0.3 is 13.8 Å². The Labute approximate surface area is 203 Å². The Morgan fingerprint density at radius 3 is 2.47 bits per heavy atom. The first kappa shape index (κ1) is 24.5. The molecule has 1 aliphatic carbocycles. The fourth-order valence-electron chi connectivity index (χ4n) is 5.17. The summed E-state index contributed by atoms with van der Waals surface area (Å²) in [6.45, 7) is 3.22. The van der Waals surface area contributed by atoms with E-state index in [-0.39, 0.29) is 38.1 Å². The zero-order valence-electron chi connectivity index (χ0n) is 20.0. The smallest absolute Gasteiger partial charge is 0.390 e. The second-order valence-corrected chi connectivity index (χ2v) is 9.38. The molecule has 0 spiro atoms. The fraction of sp³-hybridized carbons (Fsp3) is 0.480. The van der Waals surface area contributed by atoms with E-state index in [9.17, 15) is 22.0 Å². The van der Waals surface area contributed by atoms with Crippen molar-refractivity contribution in [2.24, 2.45) is 0 Å². The molecule has 4 aromatic rings. The van der Waals surface area contributed by atoms with E-state index in [1.807, 2.05) is 0 Å². The number of imidazole rings is 1. The zero-order chi connectivity index (χ0) is 25.8. The van der Waals surface area contributed by atoms with Crippen LogP contribution in [0.25, 0.3) is 33.1 Å². The van der Waals surface area contributed by atoms with Gasteiger partial charge in [-0.15, -0.1) is 0 Å². The number of pyridine rings is 1. The highest BCUT2D eigenvalue weighted by atomic mass is 19.4. The van der Waals surface area contributed by atoms with Gasteiger partial charge in [0.15, 0.2) is 0 Å². The van der Waals surface area contributed by atoms with Crippen LogP contribution in [0.2, 0.25) is 0 Å². The Morgan fingerprint density at radius 2 is 1.86 bits per heavy atom. The van der Waals surface area contributed by atoms with Crippen molar-refractivity contribution in [1.82, 2.24) is 19.7 Å². The standard InChI is InChI=1S/C25H25F5N4O2/c1-13-21(14(2)36-33-13)17-10-18-16(11-20(17)35-3)22-19(12-31-18)32-23(34(22)9-8-25(28,29)30)15-4-6-24(26,27)7-5-15/h10-12,15H,4-9H2,1-3H3. The number of hydrogen-bond acceptors (Lipinski definition) is 5. The summed E-state index contributed by atoms with van der Waals surface area (Å²) in [7, 11) is 1.50. The third-order valence-electron chi connectivity index (χ3n) is 6.93. The van der Waals surface area contributed by atoms with E-state index in [4.69, 9.17) is 9.26 Å². The second kappa shape index (κ2) is 8.70. The average molecular weight is 508 g/mol. The van der Waals surface area contributed by atoms with E-state index in [1.165, 1.54) is 17.9 Å². The van der Waals surface area contributed by atoms with Gasteiger partial charge in [0.2, 0.25) is 5.92 Å². The minimum Gasteiger partial charge on any atom is -0.496 e. The number of ether oxygens (including phenoxy) is 1. The lowest BCUT2D eigenvalue weighted by Gasteiger charge is -2.28. The molecule has 0 N–H and O–H groups in total. The summed E-state index contributed by atoms with van der Waals surface area (Å²) in [6.07, 6.45) is -4.23. The average Bonchev–Trinajstić information content (AvgIpc) is 3.35. The summed E-state index contributed by atoms with van der Waals surface area (Å²) in [6, 6.07) is 3.53. The van der Waals surface area contributed by atoms with Crippen LogP contribution in [0, 0.1) is 13.8 Å². The fourth-order valence-corrected chi connectivity index (χ4v) is 5.17. The molecule has 0 saturated heterocycles. The number of aromatic nitrogens is 4. The Balaban J connectivity index is 1.71. The number of methoxy groups -OCH3 is 1. The Bertz CT molecular complexity index is 1410. The number of aryl methyl sites for hydroxylation is 3. The number of nitrogens with zero attached hydrogens (tertiary/aromatic N) is 4. The first-order valence-electron chi connectivity index (χ1n) is 11.7. The Morgan fingerprint density at radius 1 is 1.14 bits per heavy atom. The van der Waals surface area contributed by atoms with Gasteiger partial charge in [-0.05, 0) is 38.8 Å². The van der Waals surface area contributed by atoms with Crippen molar-refractivity contribution < 1.29 is 31.2 Å². The summed E-state index contributed by atoms with van der Waals surface area (Å²) in [5.74, 6) is -1.64. The minimum atomic E-state index is -4.38. The normalized spacial score (nSPS) is 16.8. The molecule has 0 atom stereocenters. The van der Waals surface area contributed by atoms with Crippen LogP contribution in [0.4, 0.5) is 22.0 Å². The molecule has 3 heterocycles. The maximum absolute atomic E-state index is 13.8. The second-order valence-electron chi connectivity index (χ2n) is 9.38. The summed E-state index contributed by atoms with van der Waals surface area (Å²) in [5, 5.41) is 4.57. The van der Waals surface area contributed by atoms with Crippen LogP contribution >= 0.6 is 0 Å². The SMILES string of the molecule is COc1cc2c(cc1-c1c(C)noc1C)ncc1nc(C3CCC(F)(F)CC3)n(CCC(F)(F)F)c12. The first-order chi connectivity index (χ1) is 17.0. The van der Waals surface area contributed by atoms with Crippen molar-refractivity contribution in [3.8, 4) is 16.9 Å². The first-order valence-corrected chi connectivity index (χ1v) is 11.7. The highest BCUT2D eigenvalue weighted by Gasteiger charge is 2.38. The van der Waals surface area contributed by atoms with E-state index >= 15 is 0 Å². The van der Waals surface area contributed by atoms with Gasteiger partial charge in [-0.2, -0.15) is 13.2 Å². The number of fused-ring (bicyclic) bond motifs is 3. The van der Waals surface area contributed by atoms with Gasteiger partial charge in [-0.25, -0.2) is 13.8 Å². The molecule has 11 heteroatoms. The maximum atomic E-state index is 13.8. The Hall–Kier alpha value is -3.24. The molecule has 0 bridgehead atoms. The van der Waals surface area contributed by atoms with Crippen molar-refractivity contribution in [3.05, 3.63) is 35.6 Å². The van der Waals surface area contributed by atoms with Crippen LogP contribution < -0.4 is 4.74 Å². The van der Waals surface area contributed by atoms with Gasteiger partial charge in [0.25, 0.3) is 0 Å². The van der Waals surface area contributed by atoms with Gasteiger partial charge in [0.05, 0.1) is 42.0 Å². The molecule has 1 aliphatic rings. The third kappa shape index (κ3) is 4.39. The number of rotatable bonds is 5. The number of benzene rings is 1. The van der Waals surface area contributed by atoms with Crippen molar-refractivity contribution in [1.29, 1.82) is 0 Å². The lowest BCUT2D eigenvalue weighted by Crippen LogP contribution is -2.25. The molecule has 192 valence electrons. The monoisotopic (exact) mass is 508 g/mol. The van der Waals surface area contributed by atoms with E-state index < -0.39 is 18.5 Å². The molecular weight excluding hydrogens is 483 g/mol. The van der Waals surface area contributed by atoms with Crippen molar-refractivity contribution in [2.75, 3.05) is 7.11 Å². The predicted octanol–water partition coefficient (Wildman–Crippen LogP) is 7.11. The van der Waals surface area contributed by atoms with E-state index in [1.54, 1.807) is 26.0 Å². The predicted molar refractivity (Wildman–Crippen MR) is 123 cm³/mol. The van der Waals surface area contributed by atoms with Crippen LogP contribution in [0.1, 0.15) is 55.3 Å². The van der Waals surface area contributed by atoms with Crippen LogP contribution in [0.3, 0.4) is 0 Å². The quantitative estimate of drug-likeness (QED) is 0.269. The molecule has 1 fully saturated rings. The van der Waals surface area contributed by atoms with Gasteiger partial charge in [0.1, 0.15) is 22.9 Å². The number of halogens is 5. The summed E-state index contributed by atoms with van der Waals surface area (Å²) >= 11 is 0. The summed E-state index contributed by atoms with van der Waals surface area (Å²) < 4.78 is 79.9. The molecule has 5 rings (SSSR count). The third-order valence-corrected chi connectivity index (χ3v) is 6.93. The van der Waals surface area contributed by atoms with Gasteiger partial charge in [-0.3, -0.25) is 4.98 Å². The largest absolute Gasteiger partial charge is 0.496 e. The number of hydrogen-bond donors (Lipinski definition) is 0. The van der Waals surface area contributed by atoms with E-state index in [0.29, 0.717) is 50.5 Å². The molecule has 0 aliphatic heterocycles. The maximum Gasteiger partial charge on any atom is 0.390 e. The highest BCUT2D eigenvalue weighted by molar-refractivity contribution is 6.05. The van der Waals surface area contributed by atoms with Gasteiger partial charge in [-0.1, -0.05) is 5.16 Å². The zero-order valence-corrected chi connectivity index (χ0v) is 20.0. The van der Waals surface area contributed by atoms with Crippen LogP contribution in [-0.4, -0.2) is 38.9 Å². The molecule has 1 saturated carbocycles. The topological polar surface area (TPSA) is 66.0 Å². The molecule has 0 unspecified atom stereocenters. The lowest BCUT2D eigenvalue weighted by molar-refractivity contribution is -0.136. The molecule has 6 nitrogen and oxygen atoms in total. The van der Waals surface area contributed by atoms with Crippen molar-refractivity contribution in [2.45, 2.75) is 70.5 Å². The van der Waals surface area contributed by atoms with Crippen LogP contribution in [0.15, 0.2) is 22.9 Å². The minimum absolute atomic E-state index is 0.160. The molecular formula is C25H25F5N4O2. The van der Waals surface area contributed by atoms with E-state index in [0.717, 1.165) is 5.56 Å². The van der Waals surface area contributed by atoms with Gasteiger partial charge in [0, 0.05) is 36.3 Å². The Kier molecular flexibility index (Phi) is 5.91.